The van der Waals surface area contributed by atoms with Gasteiger partial charge in [-0.2, -0.15) is 13.2 Å². The number of nitrogens with zero attached hydrogens (tertiary/aromatic N) is 9. The molecule has 5 aliphatic rings. The first-order valence-corrected chi connectivity index (χ1v) is 36.3. The monoisotopic (exact) mass is 1430 g/mol. The Hall–Kier alpha value is -7.10. The normalized spacial score (nSPS) is 25.8. The molecule has 3 aliphatic heterocycles. The molecule has 25 nitrogen and oxygen atoms in total. The van der Waals surface area contributed by atoms with Crippen molar-refractivity contribution >= 4 is 82.5 Å². The van der Waals surface area contributed by atoms with E-state index in [9.17, 15) is 46.7 Å². The van der Waals surface area contributed by atoms with Crippen LogP contribution >= 0.6 is 11.6 Å². The predicted molar refractivity (Wildman–Crippen MR) is 368 cm³/mol. The maximum Gasteiger partial charge on any atom is 0.417 e. The summed E-state index contributed by atoms with van der Waals surface area (Å²) in [6.45, 7) is 7.97. The van der Waals surface area contributed by atoms with Crippen LogP contribution in [0, 0.1) is 17.8 Å². The van der Waals surface area contributed by atoms with E-state index in [0.29, 0.717) is 63.6 Å². The van der Waals surface area contributed by atoms with Gasteiger partial charge in [0.05, 0.1) is 43.2 Å². The number of carbonyl (C=O) groups excluding carboxylic acids is 12. The van der Waals surface area contributed by atoms with Gasteiger partial charge in [0.15, 0.2) is 0 Å². The van der Waals surface area contributed by atoms with Crippen molar-refractivity contribution in [2.45, 2.75) is 223 Å². The number of hydrogen-bond acceptors (Lipinski definition) is 13. The Morgan fingerprint density at radius 3 is 1.88 bits per heavy atom. The van der Waals surface area contributed by atoms with Gasteiger partial charge in [-0.05, 0) is 112 Å². The van der Waals surface area contributed by atoms with E-state index in [4.69, 9.17) is 16.3 Å². The number of fused-ring (bicyclic) bond motifs is 1. The molecule has 6 rings (SSSR count). The van der Waals surface area contributed by atoms with Gasteiger partial charge in [0.1, 0.15) is 47.8 Å². The lowest BCUT2D eigenvalue weighted by molar-refractivity contribution is -0.157. The molecule has 0 radical (unpaired) electrons. The second-order valence-electron chi connectivity index (χ2n) is 28.9. The summed E-state index contributed by atoms with van der Waals surface area (Å²) in [6.07, 6.45) is 3.73. The Labute approximate surface area is 592 Å². The second-order valence-corrected chi connectivity index (χ2v) is 29.3. The molecule has 0 aromatic heterocycles. The number of carbonyl (C=O) groups is 12. The van der Waals surface area contributed by atoms with E-state index in [2.05, 4.69) is 16.0 Å². The molecule has 1 aromatic carbocycles. The molecule has 1 spiro atoms. The Bertz CT molecular complexity index is 3070. The topological polar surface area (TPSA) is 279 Å². The molecule has 8 atom stereocenters. The highest BCUT2D eigenvalue weighted by Crippen LogP contribution is 2.37. The number of aryl methyl sites for hydroxylation is 1. The molecule has 1 aromatic rings. The van der Waals surface area contributed by atoms with Crippen molar-refractivity contribution in [2.75, 3.05) is 102 Å². The molecule has 5 fully saturated rings. The molecular weight excluding hydrogens is 1320 g/mol. The van der Waals surface area contributed by atoms with E-state index in [1.165, 1.54) is 75.0 Å². The van der Waals surface area contributed by atoms with E-state index in [-0.39, 0.29) is 76.5 Å². The predicted octanol–water partition coefficient (Wildman–Crippen LogP) is 5.27. The average Bonchev–Trinajstić information content (AvgIpc) is 1.58. The first-order chi connectivity index (χ1) is 47.2. The highest BCUT2D eigenvalue weighted by molar-refractivity contribution is 6.31. The van der Waals surface area contributed by atoms with Gasteiger partial charge < -0.3 is 64.8 Å². The molecule has 29 heteroatoms. The zero-order valence-electron chi connectivity index (χ0n) is 60.9. The maximum atomic E-state index is 15.5. The molecule has 560 valence electrons. The molecule has 2 saturated carbocycles. The van der Waals surface area contributed by atoms with Gasteiger partial charge in [0, 0.05) is 75.6 Å². The van der Waals surface area contributed by atoms with Crippen molar-refractivity contribution in [2.24, 2.45) is 17.8 Å². The summed E-state index contributed by atoms with van der Waals surface area (Å²) in [4.78, 5) is 189. The number of alkyl halides is 3. The van der Waals surface area contributed by atoms with Crippen LogP contribution in [0.4, 0.5) is 13.2 Å². The number of halogens is 4. The standard InChI is InChI=1S/C71H110ClF3N12O13/c1-13-36-100-44-56-66(96)84(11)55(67(97)86-33-21-16-22-34-86)40-58(89)82(9)53(37-45(3)4)62(92)77-61(46(5)14-2)68(98)81(8)42-59(90)79(6)43-60(91)83(10)54(39-47-24-17-15-18-25-47)65(95)80(7)41-57(88)76-51(30-28-48-27-29-49(50(72)38-48)71(73,74)75)64(94)87-35-23-26-52(87)63(93)78-70(31-19-20-32-70)69(99)85(56)12/h27,29,38,45-47,51-56,61H,13-26,28,30-37,39-44H2,1-12H3,(H,76,88)(H,77,92)(H,78,93)/t46-,51-,52?,53-,54-,55-,56-,61-/m0/s1. The number of benzene rings is 1. The number of piperidine rings is 1. The van der Waals surface area contributed by atoms with Crippen LogP contribution in [-0.2, 0) is 74.9 Å². The van der Waals surface area contributed by atoms with E-state index >= 15 is 24.0 Å². The zero-order chi connectivity index (χ0) is 74.1. The molecule has 0 bridgehead atoms. The van der Waals surface area contributed by atoms with Gasteiger partial charge in [0.2, 0.25) is 70.9 Å². The van der Waals surface area contributed by atoms with Crippen LogP contribution in [0.25, 0.3) is 0 Å². The fraction of sp³-hybridized carbons (Fsp3) is 0.746. The Morgan fingerprint density at radius 2 is 1.27 bits per heavy atom. The van der Waals surface area contributed by atoms with Crippen molar-refractivity contribution in [3.63, 3.8) is 0 Å². The van der Waals surface area contributed by atoms with Gasteiger partial charge in [-0.1, -0.05) is 104 Å². The number of hydrogen-bond donors (Lipinski definition) is 3. The quantitative estimate of drug-likeness (QED) is 0.201. The van der Waals surface area contributed by atoms with Gasteiger partial charge in [0.25, 0.3) is 0 Å². The lowest BCUT2D eigenvalue weighted by atomic mass is 9.84. The minimum Gasteiger partial charge on any atom is -0.379 e. The lowest BCUT2D eigenvalue weighted by Crippen LogP contribution is -2.65. The third-order valence-electron chi connectivity index (χ3n) is 21.0. The van der Waals surface area contributed by atoms with Crippen LogP contribution in [-0.4, -0.2) is 265 Å². The van der Waals surface area contributed by atoms with Crippen LogP contribution in [0.1, 0.15) is 174 Å². The SMILES string of the molecule is CCCOC[C@H]1C(=O)N(C)[C@H](C(=O)N2CCCCC2)CC(=O)N(C)[C@@H](CC(C)C)C(=O)N[C@@H]([C@@H](C)CC)C(=O)N(C)CC(=O)N(C)CC(=O)N(C)[C@@H](CC2CCCCC2)C(=O)N(C)CC(=O)N[C@@H](CCc2ccc(C(F)(F)F)c(Cl)c2)C(=O)N2CCCC2C(=O)NC2(CCCC2)C(=O)N1C. The Balaban J connectivity index is 1.43. The van der Waals surface area contributed by atoms with Crippen LogP contribution in [0.15, 0.2) is 18.2 Å². The average molecular weight is 1430 g/mol. The fourth-order valence-electron chi connectivity index (χ4n) is 14.4. The van der Waals surface area contributed by atoms with Crippen molar-refractivity contribution in [3.8, 4) is 0 Å². The number of likely N-dealkylation sites (tertiary alicyclic amines) is 1. The summed E-state index contributed by atoms with van der Waals surface area (Å²) >= 11 is 6.15. The molecule has 1 unspecified atom stereocenters. The minimum atomic E-state index is -4.76. The molecule has 3 N–H and O–H groups in total. The summed E-state index contributed by atoms with van der Waals surface area (Å²) in [6, 6.07) is -5.95. The smallest absolute Gasteiger partial charge is 0.379 e. The molecular formula is C71H110ClF3N12O13. The first kappa shape index (κ1) is 81.9. The van der Waals surface area contributed by atoms with Crippen LogP contribution in [0.2, 0.25) is 5.02 Å². The summed E-state index contributed by atoms with van der Waals surface area (Å²) < 4.78 is 47.6. The van der Waals surface area contributed by atoms with Gasteiger partial charge in [-0.15, -0.1) is 0 Å². The molecule has 100 heavy (non-hydrogen) atoms. The summed E-state index contributed by atoms with van der Waals surface area (Å²) in [5.74, 6) is -8.82. The summed E-state index contributed by atoms with van der Waals surface area (Å²) in [5.41, 5.74) is -2.41. The Kier molecular flexibility index (Phi) is 30.4. The lowest BCUT2D eigenvalue weighted by Gasteiger charge is -2.40. The number of nitrogens with one attached hydrogen (secondary N) is 3. The van der Waals surface area contributed by atoms with E-state index in [1.807, 2.05) is 27.7 Å². The van der Waals surface area contributed by atoms with Crippen molar-refractivity contribution in [1.82, 2.24) is 60.0 Å². The number of likely N-dealkylation sites (N-methyl/N-ethyl adjacent to an activating group) is 7. The largest absolute Gasteiger partial charge is 0.417 e. The number of ether oxygens (including phenoxy) is 1. The van der Waals surface area contributed by atoms with E-state index < -0.39 is 167 Å². The zero-order valence-corrected chi connectivity index (χ0v) is 61.6. The van der Waals surface area contributed by atoms with E-state index in [1.54, 1.807) is 11.8 Å². The van der Waals surface area contributed by atoms with Crippen molar-refractivity contribution in [1.29, 1.82) is 0 Å². The van der Waals surface area contributed by atoms with Gasteiger partial charge >= 0.3 is 6.18 Å². The highest BCUT2D eigenvalue weighted by atomic mass is 35.5. The Morgan fingerprint density at radius 1 is 0.650 bits per heavy atom. The third kappa shape index (κ3) is 21.3. The third-order valence-corrected chi connectivity index (χ3v) is 21.3. The van der Waals surface area contributed by atoms with Crippen LogP contribution < -0.4 is 16.0 Å². The van der Waals surface area contributed by atoms with Crippen molar-refractivity contribution in [3.05, 3.63) is 34.3 Å². The fourth-order valence-corrected chi connectivity index (χ4v) is 14.8. The van der Waals surface area contributed by atoms with Gasteiger partial charge in [-0.3, -0.25) is 57.5 Å². The molecule has 2 aliphatic carbocycles. The highest BCUT2D eigenvalue weighted by Gasteiger charge is 2.50. The summed E-state index contributed by atoms with van der Waals surface area (Å²) in [5, 5.41) is 8.07. The number of rotatable bonds is 14. The summed E-state index contributed by atoms with van der Waals surface area (Å²) in [7, 11) is 9.75. The van der Waals surface area contributed by atoms with Crippen LogP contribution in [0.5, 0.6) is 0 Å². The van der Waals surface area contributed by atoms with Crippen molar-refractivity contribution < 1.29 is 75.4 Å². The van der Waals surface area contributed by atoms with Crippen LogP contribution in [0.3, 0.4) is 0 Å². The molecule has 12 amide bonds. The molecule has 3 heterocycles. The number of amides is 12. The van der Waals surface area contributed by atoms with Gasteiger partial charge in [-0.25, -0.2) is 0 Å². The minimum absolute atomic E-state index is 0.0139. The molecule has 3 saturated heterocycles. The van der Waals surface area contributed by atoms with E-state index in [0.717, 1.165) is 70.3 Å². The first-order valence-electron chi connectivity index (χ1n) is 35.9. The second kappa shape index (κ2) is 37.2. The maximum absolute atomic E-state index is 15.5.